The highest BCUT2D eigenvalue weighted by Crippen LogP contribution is 2.17. The van der Waals surface area contributed by atoms with Gasteiger partial charge in [-0.25, -0.2) is 0 Å². The zero-order chi connectivity index (χ0) is 9.84. The van der Waals surface area contributed by atoms with E-state index in [1.807, 2.05) is 19.1 Å². The van der Waals surface area contributed by atoms with Gasteiger partial charge in [-0.2, -0.15) is 0 Å². The molecule has 0 spiro atoms. The van der Waals surface area contributed by atoms with Crippen LogP contribution in [0, 0.1) is 0 Å². The molecule has 3 N–H and O–H groups in total. The molecular formula is C10H14N2O. The van der Waals surface area contributed by atoms with Crippen molar-refractivity contribution in [1.82, 2.24) is 5.32 Å². The number of nitrogen functional groups attached to an aromatic ring is 1. The van der Waals surface area contributed by atoms with Gasteiger partial charge in [-0.1, -0.05) is 19.1 Å². The molecule has 0 unspecified atom stereocenters. The minimum Gasteiger partial charge on any atom is -0.398 e. The number of nitrogens with one attached hydrogen (secondary N) is 1. The molecule has 0 aliphatic rings. The van der Waals surface area contributed by atoms with Gasteiger partial charge in [0.1, 0.15) is 0 Å². The number of hydrogen-bond acceptors (Lipinski definition) is 2. The predicted octanol–water partition coefficient (Wildman–Crippen LogP) is 1.19. The van der Waals surface area contributed by atoms with Gasteiger partial charge in [0.15, 0.2) is 0 Å². The number of benzene rings is 1. The normalized spacial score (nSPS) is 9.69. The van der Waals surface area contributed by atoms with Gasteiger partial charge in [-0.3, -0.25) is 4.79 Å². The Morgan fingerprint density at radius 1 is 1.54 bits per heavy atom. The van der Waals surface area contributed by atoms with Crippen molar-refractivity contribution >= 4 is 11.6 Å². The largest absolute Gasteiger partial charge is 0.398 e. The van der Waals surface area contributed by atoms with E-state index in [9.17, 15) is 4.79 Å². The third kappa shape index (κ3) is 1.80. The van der Waals surface area contributed by atoms with E-state index < -0.39 is 0 Å². The van der Waals surface area contributed by atoms with Crippen molar-refractivity contribution in [3.05, 3.63) is 29.3 Å². The van der Waals surface area contributed by atoms with Crippen LogP contribution in [0.25, 0.3) is 0 Å². The summed E-state index contributed by atoms with van der Waals surface area (Å²) in [6.07, 6.45) is 0.813. The molecule has 1 aromatic rings. The molecule has 13 heavy (non-hydrogen) atoms. The summed E-state index contributed by atoms with van der Waals surface area (Å²) in [5, 5.41) is 2.58. The maximum atomic E-state index is 11.4. The van der Waals surface area contributed by atoms with Crippen LogP contribution >= 0.6 is 0 Å². The topological polar surface area (TPSA) is 55.1 Å². The summed E-state index contributed by atoms with van der Waals surface area (Å²) < 4.78 is 0. The number of nitrogens with two attached hydrogens (primary N) is 1. The van der Waals surface area contributed by atoms with Gasteiger partial charge in [0, 0.05) is 12.7 Å². The molecule has 0 aliphatic carbocycles. The van der Waals surface area contributed by atoms with Crippen molar-refractivity contribution < 1.29 is 4.79 Å². The van der Waals surface area contributed by atoms with Gasteiger partial charge >= 0.3 is 0 Å². The van der Waals surface area contributed by atoms with Crippen molar-refractivity contribution in [1.29, 1.82) is 0 Å². The van der Waals surface area contributed by atoms with E-state index in [-0.39, 0.29) is 5.91 Å². The molecule has 0 radical (unpaired) electrons. The summed E-state index contributed by atoms with van der Waals surface area (Å²) in [5.41, 5.74) is 7.84. The number of rotatable bonds is 2. The third-order valence-electron chi connectivity index (χ3n) is 2.02. The van der Waals surface area contributed by atoms with Crippen LogP contribution in [0.5, 0.6) is 0 Å². The maximum absolute atomic E-state index is 11.4. The number of carbonyl (C=O) groups excluding carboxylic acids is 1. The Kier molecular flexibility index (Phi) is 2.90. The predicted molar refractivity (Wildman–Crippen MR) is 53.6 cm³/mol. The molecule has 1 aromatic carbocycles. The first-order valence-corrected chi connectivity index (χ1v) is 4.30. The fourth-order valence-corrected chi connectivity index (χ4v) is 1.32. The average Bonchev–Trinajstić information content (AvgIpc) is 2.16. The van der Waals surface area contributed by atoms with Gasteiger partial charge in [-0.05, 0) is 18.1 Å². The zero-order valence-corrected chi connectivity index (χ0v) is 7.92. The standard InChI is InChI=1S/C10H14N2O/c1-3-7-5-4-6-8(11)9(7)10(13)12-2/h4-6H,3,11H2,1-2H3,(H,12,13). The van der Waals surface area contributed by atoms with Gasteiger partial charge in [0.2, 0.25) is 0 Å². The molecular weight excluding hydrogens is 164 g/mol. The van der Waals surface area contributed by atoms with Crippen LogP contribution in [0.2, 0.25) is 0 Å². The van der Waals surface area contributed by atoms with Crippen molar-refractivity contribution in [3.8, 4) is 0 Å². The molecule has 3 heteroatoms. The summed E-state index contributed by atoms with van der Waals surface area (Å²) in [4.78, 5) is 11.4. The minimum atomic E-state index is -0.116. The summed E-state index contributed by atoms with van der Waals surface area (Å²) in [6, 6.07) is 5.52. The average molecular weight is 178 g/mol. The van der Waals surface area contributed by atoms with E-state index in [1.54, 1.807) is 13.1 Å². The van der Waals surface area contributed by atoms with E-state index >= 15 is 0 Å². The monoisotopic (exact) mass is 178 g/mol. The van der Waals surface area contributed by atoms with Gasteiger partial charge in [-0.15, -0.1) is 0 Å². The van der Waals surface area contributed by atoms with Crippen molar-refractivity contribution in [3.63, 3.8) is 0 Å². The maximum Gasteiger partial charge on any atom is 0.253 e. The van der Waals surface area contributed by atoms with Gasteiger partial charge in [0.05, 0.1) is 5.56 Å². The second-order valence-electron chi connectivity index (χ2n) is 2.81. The summed E-state index contributed by atoms with van der Waals surface area (Å²) in [7, 11) is 1.61. The van der Waals surface area contributed by atoms with E-state index in [4.69, 9.17) is 5.73 Å². The van der Waals surface area contributed by atoms with Crippen LogP contribution in [0.1, 0.15) is 22.8 Å². The fourth-order valence-electron chi connectivity index (χ4n) is 1.32. The second kappa shape index (κ2) is 3.94. The Balaban J connectivity index is 3.22. The molecule has 0 aliphatic heterocycles. The lowest BCUT2D eigenvalue weighted by Crippen LogP contribution is -2.21. The molecule has 3 nitrogen and oxygen atoms in total. The zero-order valence-electron chi connectivity index (χ0n) is 7.92. The first-order valence-electron chi connectivity index (χ1n) is 4.30. The lowest BCUT2D eigenvalue weighted by molar-refractivity contribution is 0.0963. The van der Waals surface area contributed by atoms with Gasteiger partial charge < -0.3 is 11.1 Å². The highest BCUT2D eigenvalue weighted by molar-refractivity contribution is 6.00. The molecule has 0 heterocycles. The van der Waals surface area contributed by atoms with E-state index in [0.29, 0.717) is 11.3 Å². The molecule has 0 saturated carbocycles. The highest BCUT2D eigenvalue weighted by Gasteiger charge is 2.11. The van der Waals surface area contributed by atoms with Crippen molar-refractivity contribution in [2.24, 2.45) is 0 Å². The first kappa shape index (κ1) is 9.58. The Hall–Kier alpha value is -1.51. The van der Waals surface area contributed by atoms with E-state index in [1.165, 1.54) is 0 Å². The first-order chi connectivity index (χ1) is 6.20. The van der Waals surface area contributed by atoms with E-state index in [2.05, 4.69) is 5.32 Å². The number of aryl methyl sites for hydroxylation is 1. The minimum absolute atomic E-state index is 0.116. The molecule has 1 amide bonds. The molecule has 1 rings (SSSR count). The molecule has 0 aromatic heterocycles. The summed E-state index contributed by atoms with van der Waals surface area (Å²) in [6.45, 7) is 2.00. The number of amides is 1. The summed E-state index contributed by atoms with van der Waals surface area (Å²) in [5.74, 6) is -0.116. The van der Waals surface area contributed by atoms with Crippen LogP contribution in [0.15, 0.2) is 18.2 Å². The van der Waals surface area contributed by atoms with Crippen LogP contribution in [-0.4, -0.2) is 13.0 Å². The number of hydrogen-bond donors (Lipinski definition) is 2. The molecule has 70 valence electrons. The Labute approximate surface area is 77.9 Å². The highest BCUT2D eigenvalue weighted by atomic mass is 16.1. The van der Waals surface area contributed by atoms with E-state index in [0.717, 1.165) is 12.0 Å². The summed E-state index contributed by atoms with van der Waals surface area (Å²) >= 11 is 0. The SMILES string of the molecule is CCc1cccc(N)c1C(=O)NC. The second-order valence-corrected chi connectivity index (χ2v) is 2.81. The molecule has 0 saturated heterocycles. The number of anilines is 1. The Morgan fingerprint density at radius 3 is 2.77 bits per heavy atom. The van der Waals surface area contributed by atoms with Crippen LogP contribution in [0.4, 0.5) is 5.69 Å². The molecule has 0 fully saturated rings. The van der Waals surface area contributed by atoms with Crippen LogP contribution in [0.3, 0.4) is 0 Å². The molecule has 0 atom stereocenters. The smallest absolute Gasteiger partial charge is 0.253 e. The lowest BCUT2D eigenvalue weighted by atomic mass is 10.0. The van der Waals surface area contributed by atoms with Crippen LogP contribution in [-0.2, 0) is 6.42 Å². The van der Waals surface area contributed by atoms with Crippen molar-refractivity contribution in [2.45, 2.75) is 13.3 Å². The number of carbonyl (C=O) groups is 1. The van der Waals surface area contributed by atoms with Gasteiger partial charge in [0.25, 0.3) is 5.91 Å². The van der Waals surface area contributed by atoms with Crippen molar-refractivity contribution in [2.75, 3.05) is 12.8 Å². The quantitative estimate of drug-likeness (QED) is 0.668. The van der Waals surface area contributed by atoms with Crippen LogP contribution < -0.4 is 11.1 Å². The molecule has 0 bridgehead atoms. The lowest BCUT2D eigenvalue weighted by Gasteiger charge is -2.08. The fraction of sp³-hybridized carbons (Fsp3) is 0.300. The Morgan fingerprint density at radius 2 is 2.23 bits per heavy atom. The Bertz CT molecular complexity index is 321. The third-order valence-corrected chi connectivity index (χ3v) is 2.02.